The normalized spacial score (nSPS) is 41.3. The van der Waals surface area contributed by atoms with Gasteiger partial charge in [0, 0.05) is 15.4 Å². The van der Waals surface area contributed by atoms with Crippen LogP contribution in [-0.2, 0) is 11.8 Å². The van der Waals surface area contributed by atoms with E-state index in [1.807, 2.05) is 0 Å². The number of hydrogen-bond donors (Lipinski definition) is 1. The number of hydrogen-bond acceptors (Lipinski definition) is 1. The second-order valence-corrected chi connectivity index (χ2v) is 7.74. The van der Waals surface area contributed by atoms with Crippen molar-refractivity contribution >= 4 is 15.9 Å². The lowest BCUT2D eigenvalue weighted by atomic mass is 9.61. The molecule has 3 aliphatic rings. The Labute approximate surface area is 117 Å². The second kappa shape index (κ2) is 3.61. The third-order valence-electron chi connectivity index (χ3n) is 5.68. The van der Waals surface area contributed by atoms with Crippen LogP contribution in [0.25, 0.3) is 0 Å². The van der Waals surface area contributed by atoms with E-state index < -0.39 is 0 Å². The standard InChI is InChI=1S/C16H20BrN/c17-13-5-4-11-8-15(18)9-12-3-1-2-6-16(12,10-15)14(11)7-13/h4-5,7,12H,1-3,6,8-10,18H2/t12?,15?,16-/m0/s1. The molecule has 2 fully saturated rings. The van der Waals surface area contributed by atoms with Crippen molar-refractivity contribution in [3.63, 3.8) is 0 Å². The van der Waals surface area contributed by atoms with Crippen molar-refractivity contribution in [2.75, 3.05) is 0 Å². The van der Waals surface area contributed by atoms with Crippen LogP contribution in [0.1, 0.15) is 49.7 Å². The quantitative estimate of drug-likeness (QED) is 0.772. The van der Waals surface area contributed by atoms with Gasteiger partial charge < -0.3 is 5.73 Å². The van der Waals surface area contributed by atoms with Gasteiger partial charge >= 0.3 is 0 Å². The van der Waals surface area contributed by atoms with Crippen LogP contribution in [0.15, 0.2) is 22.7 Å². The van der Waals surface area contributed by atoms with Gasteiger partial charge in [-0.3, -0.25) is 0 Å². The fourth-order valence-electron chi connectivity index (χ4n) is 5.16. The molecule has 2 unspecified atom stereocenters. The first-order valence-corrected chi connectivity index (χ1v) is 7.99. The molecule has 0 aliphatic heterocycles. The summed E-state index contributed by atoms with van der Waals surface area (Å²) in [5.41, 5.74) is 10.4. The van der Waals surface area contributed by atoms with E-state index in [1.54, 1.807) is 5.56 Å². The molecule has 96 valence electrons. The maximum atomic E-state index is 6.70. The van der Waals surface area contributed by atoms with E-state index in [-0.39, 0.29) is 5.54 Å². The molecule has 0 heterocycles. The molecule has 3 atom stereocenters. The molecule has 3 aliphatic carbocycles. The average Bonchev–Trinajstić information content (AvgIpc) is 2.59. The molecular formula is C16H20BrN. The molecule has 1 aromatic carbocycles. The zero-order valence-corrected chi connectivity index (χ0v) is 12.3. The molecule has 1 aromatic rings. The summed E-state index contributed by atoms with van der Waals surface area (Å²) in [7, 11) is 0. The van der Waals surface area contributed by atoms with Gasteiger partial charge in [0.15, 0.2) is 0 Å². The highest BCUT2D eigenvalue weighted by Crippen LogP contribution is 2.60. The summed E-state index contributed by atoms with van der Waals surface area (Å²) < 4.78 is 1.23. The lowest BCUT2D eigenvalue weighted by Crippen LogP contribution is -2.45. The minimum atomic E-state index is 0.0931. The van der Waals surface area contributed by atoms with Crippen molar-refractivity contribution in [2.45, 2.75) is 55.9 Å². The van der Waals surface area contributed by atoms with E-state index in [0.717, 1.165) is 12.3 Å². The number of rotatable bonds is 0. The Kier molecular flexibility index (Phi) is 2.30. The van der Waals surface area contributed by atoms with Gasteiger partial charge in [-0.1, -0.05) is 34.8 Å². The summed E-state index contributed by atoms with van der Waals surface area (Å²) in [5.74, 6) is 0.840. The Morgan fingerprint density at radius 2 is 2.17 bits per heavy atom. The highest BCUT2D eigenvalue weighted by molar-refractivity contribution is 9.10. The summed E-state index contributed by atoms with van der Waals surface area (Å²) in [6, 6.07) is 6.87. The van der Waals surface area contributed by atoms with Crippen LogP contribution in [0.5, 0.6) is 0 Å². The number of benzene rings is 1. The van der Waals surface area contributed by atoms with Crippen molar-refractivity contribution in [3.8, 4) is 0 Å². The first-order chi connectivity index (χ1) is 8.61. The largest absolute Gasteiger partial charge is 0.325 e. The molecule has 2 N–H and O–H groups in total. The van der Waals surface area contributed by atoms with Crippen molar-refractivity contribution in [1.29, 1.82) is 0 Å². The van der Waals surface area contributed by atoms with E-state index in [2.05, 4.69) is 34.1 Å². The molecule has 4 rings (SSSR count). The van der Waals surface area contributed by atoms with Crippen LogP contribution in [0, 0.1) is 5.92 Å². The second-order valence-electron chi connectivity index (χ2n) is 6.82. The van der Waals surface area contributed by atoms with Crippen LogP contribution in [0.2, 0.25) is 0 Å². The van der Waals surface area contributed by atoms with Crippen molar-refractivity contribution < 1.29 is 0 Å². The average molecular weight is 306 g/mol. The molecule has 2 heteroatoms. The minimum Gasteiger partial charge on any atom is -0.325 e. The lowest BCUT2D eigenvalue weighted by Gasteiger charge is -2.44. The van der Waals surface area contributed by atoms with Crippen LogP contribution >= 0.6 is 15.9 Å². The smallest absolute Gasteiger partial charge is 0.0206 e. The molecule has 2 saturated carbocycles. The monoisotopic (exact) mass is 305 g/mol. The van der Waals surface area contributed by atoms with E-state index in [4.69, 9.17) is 5.73 Å². The van der Waals surface area contributed by atoms with E-state index in [1.165, 1.54) is 48.6 Å². The fourth-order valence-corrected chi connectivity index (χ4v) is 5.52. The van der Waals surface area contributed by atoms with Crippen LogP contribution in [-0.4, -0.2) is 5.54 Å². The molecule has 0 amide bonds. The Balaban J connectivity index is 1.93. The Morgan fingerprint density at radius 1 is 1.28 bits per heavy atom. The minimum absolute atomic E-state index is 0.0931. The number of fused-ring (bicyclic) bond motifs is 2. The Hall–Kier alpha value is -0.340. The topological polar surface area (TPSA) is 26.0 Å². The van der Waals surface area contributed by atoms with Crippen LogP contribution < -0.4 is 5.73 Å². The van der Waals surface area contributed by atoms with Crippen molar-refractivity contribution in [1.82, 2.24) is 0 Å². The van der Waals surface area contributed by atoms with Gasteiger partial charge in [-0.15, -0.1) is 0 Å². The molecule has 1 nitrogen and oxygen atoms in total. The maximum absolute atomic E-state index is 6.70. The fraction of sp³-hybridized carbons (Fsp3) is 0.625. The van der Waals surface area contributed by atoms with Gasteiger partial charge in [0.05, 0.1) is 0 Å². The molecule has 18 heavy (non-hydrogen) atoms. The Bertz CT molecular complexity index is 512. The highest BCUT2D eigenvalue weighted by atomic mass is 79.9. The third kappa shape index (κ3) is 1.42. The van der Waals surface area contributed by atoms with Gasteiger partial charge in [0.25, 0.3) is 0 Å². The summed E-state index contributed by atoms with van der Waals surface area (Å²) >= 11 is 3.66. The summed E-state index contributed by atoms with van der Waals surface area (Å²) in [5, 5.41) is 0. The molecular weight excluding hydrogens is 286 g/mol. The Morgan fingerprint density at radius 3 is 3.06 bits per heavy atom. The molecule has 0 aromatic heterocycles. The van der Waals surface area contributed by atoms with Crippen molar-refractivity contribution in [3.05, 3.63) is 33.8 Å². The summed E-state index contributed by atoms with van der Waals surface area (Å²) in [6.45, 7) is 0. The predicted molar refractivity (Wildman–Crippen MR) is 77.6 cm³/mol. The van der Waals surface area contributed by atoms with Gasteiger partial charge in [-0.05, 0) is 61.3 Å². The predicted octanol–water partition coefficient (Wildman–Crippen LogP) is 3.92. The van der Waals surface area contributed by atoms with Crippen LogP contribution in [0.3, 0.4) is 0 Å². The molecule has 0 radical (unpaired) electrons. The highest BCUT2D eigenvalue weighted by Gasteiger charge is 2.57. The molecule has 1 spiro atoms. The van der Waals surface area contributed by atoms with Gasteiger partial charge in [0.2, 0.25) is 0 Å². The SMILES string of the molecule is NC12Cc3ccc(Br)cc3[C@@]3(CCCCC3C1)C2. The number of nitrogens with two attached hydrogens (primary N) is 1. The number of halogens is 1. The van der Waals surface area contributed by atoms with Gasteiger partial charge in [-0.2, -0.15) is 0 Å². The van der Waals surface area contributed by atoms with E-state index in [0.29, 0.717) is 5.41 Å². The van der Waals surface area contributed by atoms with Crippen molar-refractivity contribution in [2.24, 2.45) is 11.7 Å². The zero-order chi connectivity index (χ0) is 12.4. The van der Waals surface area contributed by atoms with E-state index in [9.17, 15) is 0 Å². The maximum Gasteiger partial charge on any atom is 0.0206 e. The summed E-state index contributed by atoms with van der Waals surface area (Å²) in [6.07, 6.45) is 9.12. The van der Waals surface area contributed by atoms with Gasteiger partial charge in [0.1, 0.15) is 0 Å². The van der Waals surface area contributed by atoms with E-state index >= 15 is 0 Å². The first kappa shape index (κ1) is 11.5. The lowest BCUT2D eigenvalue weighted by molar-refractivity contribution is 0.215. The van der Waals surface area contributed by atoms with Crippen LogP contribution in [0.4, 0.5) is 0 Å². The third-order valence-corrected chi connectivity index (χ3v) is 6.17. The molecule has 0 saturated heterocycles. The van der Waals surface area contributed by atoms with Gasteiger partial charge in [-0.25, -0.2) is 0 Å². The zero-order valence-electron chi connectivity index (χ0n) is 10.7. The first-order valence-electron chi connectivity index (χ1n) is 7.19. The molecule has 2 bridgehead atoms. The summed E-state index contributed by atoms with van der Waals surface area (Å²) in [4.78, 5) is 0.